The van der Waals surface area contributed by atoms with Gasteiger partial charge in [0.25, 0.3) is 5.91 Å². The highest BCUT2D eigenvalue weighted by molar-refractivity contribution is 7.14. The molecule has 9 heteroatoms. The number of methoxy groups -OCH3 is 1. The Hall–Kier alpha value is -2.91. The summed E-state index contributed by atoms with van der Waals surface area (Å²) >= 11 is 1.26. The minimum atomic E-state index is -0.779. The third-order valence-electron chi connectivity index (χ3n) is 6.84. The van der Waals surface area contributed by atoms with Crippen LogP contribution in [-0.2, 0) is 9.53 Å². The average Bonchev–Trinajstić information content (AvgIpc) is 3.58. The molecule has 1 fully saturated rings. The lowest BCUT2D eigenvalue weighted by atomic mass is 9.94. The molecule has 1 saturated heterocycles. The van der Waals surface area contributed by atoms with Crippen LogP contribution in [0, 0.1) is 13.8 Å². The Morgan fingerprint density at radius 3 is 2.70 bits per heavy atom. The van der Waals surface area contributed by atoms with E-state index in [1.165, 1.54) is 17.8 Å². The highest BCUT2D eigenvalue weighted by Crippen LogP contribution is 2.43. The number of carbonyl (C=O) groups is 2. The number of hydrogen-bond acceptors (Lipinski definition) is 8. The molecule has 0 bridgehead atoms. The molecule has 200 valence electrons. The number of ketones is 1. The maximum Gasteiger partial charge on any atom is 0.290 e. The first-order chi connectivity index (χ1) is 17.8. The molecule has 2 aromatic rings. The minimum Gasteiger partial charge on any atom is -0.503 e. The largest absolute Gasteiger partial charge is 0.503 e. The fourth-order valence-electron chi connectivity index (χ4n) is 4.98. The van der Waals surface area contributed by atoms with Crippen molar-refractivity contribution in [3.05, 3.63) is 50.7 Å². The molecule has 1 amide bonds. The maximum atomic E-state index is 13.7. The lowest BCUT2D eigenvalue weighted by Gasteiger charge is -2.29. The van der Waals surface area contributed by atoms with Gasteiger partial charge in [0, 0.05) is 13.2 Å². The Kier molecular flexibility index (Phi) is 8.87. The molecule has 4 rings (SSSR count). The van der Waals surface area contributed by atoms with Crippen LogP contribution in [0.5, 0.6) is 11.5 Å². The summed E-state index contributed by atoms with van der Waals surface area (Å²) in [7, 11) is 1.57. The lowest BCUT2D eigenvalue weighted by Crippen LogP contribution is -2.37. The van der Waals surface area contributed by atoms with Crippen LogP contribution in [0.4, 0.5) is 0 Å². The van der Waals surface area contributed by atoms with E-state index >= 15 is 0 Å². The van der Waals surface area contributed by atoms with Crippen LogP contribution in [0.2, 0.25) is 0 Å². The number of amides is 1. The molecule has 2 unspecified atom stereocenters. The summed E-state index contributed by atoms with van der Waals surface area (Å²) in [6.45, 7) is 7.26. The Balaban J connectivity index is 1.68. The SMILES string of the molecule is CCCCCCOc1ccc(C2C(C(=O)c3sc(C)nc3C)=C(O)C(=O)N2CC2CCCO2)cc1OC. The monoisotopic (exact) mass is 528 g/mol. The van der Waals surface area contributed by atoms with Gasteiger partial charge in [-0.15, -0.1) is 11.3 Å². The standard InChI is InChI=1S/C28H36N2O6S/c1-5-6-7-8-13-36-21-12-11-19(15-22(21)34-4)24-23(25(31)27-17(2)29-18(3)37-27)26(32)28(33)30(24)16-20-10-9-14-35-20/h11-12,15,20,24,32H,5-10,13-14,16H2,1-4H3. The second-order valence-corrected chi connectivity index (χ2v) is 10.8. The van der Waals surface area contributed by atoms with E-state index in [4.69, 9.17) is 14.2 Å². The fourth-order valence-corrected chi connectivity index (χ4v) is 5.85. The molecule has 2 aliphatic rings. The number of carbonyl (C=O) groups excluding carboxylic acids is 2. The van der Waals surface area contributed by atoms with Gasteiger partial charge in [-0.1, -0.05) is 32.3 Å². The molecule has 1 aromatic heterocycles. The van der Waals surface area contributed by atoms with Crippen molar-refractivity contribution < 1.29 is 28.9 Å². The van der Waals surface area contributed by atoms with Gasteiger partial charge in [-0.25, -0.2) is 4.98 Å². The van der Waals surface area contributed by atoms with Gasteiger partial charge in [-0.3, -0.25) is 9.59 Å². The highest BCUT2D eigenvalue weighted by atomic mass is 32.1. The Bertz CT molecular complexity index is 1170. The van der Waals surface area contributed by atoms with Crippen LogP contribution in [0.15, 0.2) is 29.5 Å². The third kappa shape index (κ3) is 5.83. The number of hydrogen-bond donors (Lipinski definition) is 1. The van der Waals surface area contributed by atoms with Gasteiger partial charge in [-0.2, -0.15) is 0 Å². The molecule has 0 aliphatic carbocycles. The van der Waals surface area contributed by atoms with Crippen LogP contribution in [-0.4, -0.2) is 59.7 Å². The van der Waals surface area contributed by atoms with Crippen molar-refractivity contribution in [3.8, 4) is 11.5 Å². The zero-order chi connectivity index (χ0) is 26.5. The number of Topliss-reactive ketones (excluding diaryl/α,β-unsaturated/α-hetero) is 1. The zero-order valence-corrected chi connectivity index (χ0v) is 22.9. The predicted octanol–water partition coefficient (Wildman–Crippen LogP) is 5.48. The maximum absolute atomic E-state index is 13.7. The van der Waals surface area contributed by atoms with E-state index in [-0.39, 0.29) is 24.0 Å². The molecule has 8 nitrogen and oxygen atoms in total. The second-order valence-electron chi connectivity index (χ2n) is 9.55. The van der Waals surface area contributed by atoms with Gasteiger partial charge >= 0.3 is 0 Å². The van der Waals surface area contributed by atoms with E-state index in [1.807, 2.05) is 19.1 Å². The van der Waals surface area contributed by atoms with Crippen molar-refractivity contribution >= 4 is 23.0 Å². The summed E-state index contributed by atoms with van der Waals surface area (Å²) in [4.78, 5) is 33.4. The summed E-state index contributed by atoms with van der Waals surface area (Å²) in [5.74, 6) is -0.358. The molecule has 1 N–H and O–H groups in total. The molecule has 37 heavy (non-hydrogen) atoms. The van der Waals surface area contributed by atoms with Gasteiger partial charge in [0.05, 0.1) is 47.0 Å². The van der Waals surface area contributed by atoms with Gasteiger partial charge in [0.1, 0.15) is 0 Å². The molecule has 2 aliphatic heterocycles. The summed E-state index contributed by atoms with van der Waals surface area (Å²) in [5.41, 5.74) is 1.30. The third-order valence-corrected chi connectivity index (χ3v) is 7.91. The average molecular weight is 529 g/mol. The topological polar surface area (TPSA) is 98.2 Å². The normalized spacial score (nSPS) is 19.7. The van der Waals surface area contributed by atoms with E-state index in [2.05, 4.69) is 11.9 Å². The molecular weight excluding hydrogens is 492 g/mol. The smallest absolute Gasteiger partial charge is 0.290 e. The first kappa shape index (κ1) is 27.1. The molecular formula is C28H36N2O6S. The van der Waals surface area contributed by atoms with Gasteiger partial charge in [0.15, 0.2) is 17.3 Å². The molecule has 3 heterocycles. The quantitative estimate of drug-likeness (QED) is 0.287. The van der Waals surface area contributed by atoms with Crippen LogP contribution in [0.1, 0.15) is 77.4 Å². The first-order valence-corrected chi connectivity index (χ1v) is 13.8. The Labute approximate surface area is 222 Å². The van der Waals surface area contributed by atoms with E-state index in [0.717, 1.165) is 37.1 Å². The van der Waals surface area contributed by atoms with Crippen molar-refractivity contribution in [1.29, 1.82) is 0 Å². The number of aliphatic hydroxyl groups excluding tert-OH is 1. The number of unbranched alkanes of at least 4 members (excludes halogenated alkanes) is 3. The number of aryl methyl sites for hydroxylation is 2. The van der Waals surface area contributed by atoms with E-state index in [1.54, 1.807) is 25.0 Å². The zero-order valence-electron chi connectivity index (χ0n) is 22.0. The Morgan fingerprint density at radius 2 is 2.05 bits per heavy atom. The molecule has 0 radical (unpaired) electrons. The highest BCUT2D eigenvalue weighted by Gasteiger charge is 2.45. The van der Waals surface area contributed by atoms with Crippen LogP contribution in [0.3, 0.4) is 0 Å². The van der Waals surface area contributed by atoms with Gasteiger partial charge in [-0.05, 0) is 50.8 Å². The summed E-state index contributed by atoms with van der Waals surface area (Å²) in [6, 6.07) is 4.65. The van der Waals surface area contributed by atoms with Gasteiger partial charge < -0.3 is 24.2 Å². The summed E-state index contributed by atoms with van der Waals surface area (Å²) in [6.07, 6.45) is 5.97. The number of thiazole rings is 1. The number of nitrogens with zero attached hydrogens (tertiary/aromatic N) is 2. The van der Waals surface area contributed by atoms with E-state index in [9.17, 15) is 14.7 Å². The number of benzene rings is 1. The van der Waals surface area contributed by atoms with Crippen molar-refractivity contribution in [1.82, 2.24) is 9.88 Å². The summed E-state index contributed by atoms with van der Waals surface area (Å²) < 4.78 is 17.4. The number of aromatic nitrogens is 1. The van der Waals surface area contributed by atoms with E-state index < -0.39 is 17.7 Å². The molecule has 1 aromatic carbocycles. The fraction of sp³-hybridized carbons (Fsp3) is 0.536. The number of rotatable bonds is 12. The minimum absolute atomic E-state index is 0.0602. The van der Waals surface area contributed by atoms with Gasteiger partial charge in [0.2, 0.25) is 5.78 Å². The first-order valence-electron chi connectivity index (χ1n) is 13.0. The predicted molar refractivity (Wildman–Crippen MR) is 142 cm³/mol. The van der Waals surface area contributed by atoms with Crippen molar-refractivity contribution in [2.75, 3.05) is 26.9 Å². The van der Waals surface area contributed by atoms with Crippen LogP contribution in [0.25, 0.3) is 0 Å². The Morgan fingerprint density at radius 1 is 1.24 bits per heavy atom. The molecule has 0 spiro atoms. The lowest BCUT2D eigenvalue weighted by molar-refractivity contribution is -0.131. The van der Waals surface area contributed by atoms with Crippen LogP contribution < -0.4 is 9.47 Å². The van der Waals surface area contributed by atoms with Crippen molar-refractivity contribution in [2.45, 2.75) is 71.4 Å². The number of aliphatic hydroxyl groups is 1. The second kappa shape index (κ2) is 12.1. The van der Waals surface area contributed by atoms with Crippen molar-refractivity contribution in [2.24, 2.45) is 0 Å². The van der Waals surface area contributed by atoms with Crippen LogP contribution >= 0.6 is 11.3 Å². The molecule has 2 atom stereocenters. The van der Waals surface area contributed by atoms with Crippen molar-refractivity contribution in [3.63, 3.8) is 0 Å². The number of ether oxygens (including phenoxy) is 3. The summed E-state index contributed by atoms with van der Waals surface area (Å²) in [5, 5.41) is 11.7. The molecule has 0 saturated carbocycles. The van der Waals surface area contributed by atoms with E-state index in [0.29, 0.717) is 40.8 Å².